The zero-order valence-electron chi connectivity index (χ0n) is 33.9. The Bertz CT molecular complexity index is 3240. The van der Waals surface area contributed by atoms with E-state index in [9.17, 15) is 11.0 Å². The van der Waals surface area contributed by atoms with Gasteiger partial charge in [-0.2, -0.15) is 0 Å². The van der Waals surface area contributed by atoms with Gasteiger partial charge in [0, 0.05) is 32.9 Å². The molecule has 0 saturated heterocycles. The first-order valence-corrected chi connectivity index (χ1v) is 15.9. The maximum absolute atomic E-state index is 9.57. The Hall–Kier alpha value is -6.58. The van der Waals surface area contributed by atoms with E-state index in [2.05, 4.69) is 0 Å². The van der Waals surface area contributed by atoms with Crippen LogP contribution in [0.25, 0.3) is 76.9 Å². The molecule has 2 heterocycles. The summed E-state index contributed by atoms with van der Waals surface area (Å²) in [7, 11) is 0. The van der Waals surface area contributed by atoms with Gasteiger partial charge in [-0.1, -0.05) is 115 Å². The fourth-order valence-corrected chi connectivity index (χ4v) is 6.68. The molecule has 10 rings (SSSR count). The van der Waals surface area contributed by atoms with Crippen molar-refractivity contribution in [1.29, 1.82) is 0 Å². The van der Waals surface area contributed by atoms with Crippen molar-refractivity contribution in [3.63, 3.8) is 0 Å². The summed E-state index contributed by atoms with van der Waals surface area (Å²) in [6.07, 6.45) is 0. The molecule has 0 atom stereocenters. The Labute approximate surface area is 294 Å². The highest BCUT2D eigenvalue weighted by atomic mass is 16.3. The quantitative estimate of drug-likeness (QED) is 0.188. The van der Waals surface area contributed by atoms with Crippen LogP contribution in [0.4, 0.5) is 17.1 Å². The number of nitrogens with zero attached hydrogens (tertiary/aromatic N) is 1. The lowest BCUT2D eigenvalue weighted by molar-refractivity contribution is 0.669. The number of furan rings is 2. The summed E-state index contributed by atoms with van der Waals surface area (Å²) in [5.41, 5.74) is 3.15. The topological polar surface area (TPSA) is 29.5 Å². The van der Waals surface area contributed by atoms with Crippen molar-refractivity contribution in [3.8, 4) is 22.3 Å². The molecule has 0 aliphatic carbocycles. The number of para-hydroxylation sites is 1. The molecule has 0 radical (unpaired) electrons. The van der Waals surface area contributed by atoms with Gasteiger partial charge in [-0.05, 0) is 88.2 Å². The SMILES string of the molecule is [2H]c1c([2H])c(N(c2c([2H])c([2H])c(-c3ccc4c(c3)oc3ccccc34)c([2H])c2[2H])c2cccc3oc4c5ccccc5ccc4c23)c([2H])c([2H])c1-c1ccccc1. The molecule has 0 amide bonds. The number of anilines is 3. The van der Waals surface area contributed by atoms with E-state index in [0.717, 1.165) is 21.5 Å². The first-order valence-electron chi connectivity index (χ1n) is 19.9. The predicted molar refractivity (Wildman–Crippen MR) is 204 cm³/mol. The van der Waals surface area contributed by atoms with Gasteiger partial charge in [0.1, 0.15) is 22.3 Å². The van der Waals surface area contributed by atoms with Gasteiger partial charge in [-0.25, -0.2) is 0 Å². The second-order valence-electron chi connectivity index (χ2n) is 11.9. The van der Waals surface area contributed by atoms with Gasteiger partial charge in [0.15, 0.2) is 0 Å². The van der Waals surface area contributed by atoms with Crippen LogP contribution in [-0.4, -0.2) is 0 Å². The van der Waals surface area contributed by atoms with E-state index < -0.39 is 24.2 Å². The van der Waals surface area contributed by atoms with Crippen LogP contribution >= 0.6 is 0 Å². The lowest BCUT2D eigenvalue weighted by atomic mass is 10.0. The maximum Gasteiger partial charge on any atom is 0.143 e. The molecule has 230 valence electrons. The number of rotatable bonds is 5. The number of hydrogen-bond acceptors (Lipinski definition) is 3. The van der Waals surface area contributed by atoms with Crippen molar-refractivity contribution < 1.29 is 19.8 Å². The van der Waals surface area contributed by atoms with Crippen LogP contribution in [0.5, 0.6) is 0 Å². The first-order chi connectivity index (χ1) is 27.6. The van der Waals surface area contributed by atoms with Gasteiger partial charge >= 0.3 is 0 Å². The minimum atomic E-state index is -0.435. The Morgan fingerprint density at radius 2 is 1.04 bits per heavy atom. The number of fused-ring (bicyclic) bond motifs is 8. The van der Waals surface area contributed by atoms with E-state index in [1.54, 1.807) is 60.7 Å². The van der Waals surface area contributed by atoms with Crippen LogP contribution in [0.15, 0.2) is 185 Å². The van der Waals surface area contributed by atoms with Gasteiger partial charge in [-0.3, -0.25) is 0 Å². The molecule has 0 bridgehead atoms. The molecule has 49 heavy (non-hydrogen) atoms. The van der Waals surface area contributed by atoms with Crippen LogP contribution in [-0.2, 0) is 0 Å². The maximum atomic E-state index is 9.57. The Kier molecular flexibility index (Phi) is 4.63. The van der Waals surface area contributed by atoms with E-state index in [0.29, 0.717) is 49.9 Å². The summed E-state index contributed by atoms with van der Waals surface area (Å²) in [5, 5.41) is 4.80. The third kappa shape index (κ3) is 4.51. The standard InChI is InChI=1S/C46H29NO2/c1-2-9-30(10-3-1)31-17-23-35(24-18-31)47(41-14-8-16-43-45(41)40-28-21-33-11-4-5-12-37(33)46(40)49-43)36-25-19-32(20-26-36)34-22-27-39-38-13-6-7-15-42(38)48-44(39)29-34/h1-29H/i17D,18D,19D,20D,23D,24D,25D,26D. The highest BCUT2D eigenvalue weighted by Crippen LogP contribution is 2.45. The van der Waals surface area contributed by atoms with E-state index in [-0.39, 0.29) is 46.7 Å². The molecule has 0 unspecified atom stereocenters. The van der Waals surface area contributed by atoms with Gasteiger partial charge in [0.05, 0.1) is 22.0 Å². The van der Waals surface area contributed by atoms with Gasteiger partial charge in [0.2, 0.25) is 0 Å². The van der Waals surface area contributed by atoms with E-state index in [1.165, 1.54) is 4.90 Å². The monoisotopic (exact) mass is 635 g/mol. The van der Waals surface area contributed by atoms with Crippen molar-refractivity contribution in [1.82, 2.24) is 0 Å². The van der Waals surface area contributed by atoms with Crippen LogP contribution in [0.2, 0.25) is 0 Å². The molecule has 3 heteroatoms. The highest BCUT2D eigenvalue weighted by molar-refractivity contribution is 6.19. The average Bonchev–Trinajstić information content (AvgIpc) is 3.81. The Balaban J connectivity index is 1.28. The predicted octanol–water partition coefficient (Wildman–Crippen LogP) is 13.4. The summed E-state index contributed by atoms with van der Waals surface area (Å²) < 4.78 is 87.9. The Morgan fingerprint density at radius 3 is 1.84 bits per heavy atom. The summed E-state index contributed by atoms with van der Waals surface area (Å²) in [5.74, 6) is 0. The fourth-order valence-electron chi connectivity index (χ4n) is 6.68. The normalized spacial score (nSPS) is 14.0. The first kappa shape index (κ1) is 20.6. The van der Waals surface area contributed by atoms with Crippen molar-refractivity contribution in [2.24, 2.45) is 0 Å². The van der Waals surface area contributed by atoms with Crippen molar-refractivity contribution in [3.05, 3.63) is 176 Å². The fraction of sp³-hybridized carbons (Fsp3) is 0. The Morgan fingerprint density at radius 1 is 0.408 bits per heavy atom. The molecule has 0 N–H and O–H groups in total. The zero-order chi connectivity index (χ0) is 39.3. The third-order valence-corrected chi connectivity index (χ3v) is 9.01. The lowest BCUT2D eigenvalue weighted by Gasteiger charge is -2.26. The third-order valence-electron chi connectivity index (χ3n) is 9.01. The molecule has 0 fully saturated rings. The molecule has 0 spiro atoms. The van der Waals surface area contributed by atoms with Gasteiger partial charge < -0.3 is 13.7 Å². The summed E-state index contributed by atoms with van der Waals surface area (Å²) in [6, 6.07) is 35.5. The van der Waals surface area contributed by atoms with Crippen LogP contribution in [0, 0.1) is 0 Å². The zero-order valence-corrected chi connectivity index (χ0v) is 25.9. The van der Waals surface area contributed by atoms with Crippen molar-refractivity contribution in [2.45, 2.75) is 0 Å². The van der Waals surface area contributed by atoms with Crippen LogP contribution in [0.1, 0.15) is 11.0 Å². The van der Waals surface area contributed by atoms with Crippen LogP contribution in [0.3, 0.4) is 0 Å². The molecule has 2 aromatic heterocycles. The van der Waals surface area contributed by atoms with E-state index in [1.807, 2.05) is 66.7 Å². The molecule has 3 nitrogen and oxygen atoms in total. The summed E-state index contributed by atoms with van der Waals surface area (Å²) in [6.45, 7) is 0. The van der Waals surface area contributed by atoms with Crippen molar-refractivity contribution >= 4 is 71.7 Å². The van der Waals surface area contributed by atoms with Crippen molar-refractivity contribution in [2.75, 3.05) is 4.90 Å². The number of benzene rings is 8. The average molecular weight is 636 g/mol. The lowest BCUT2D eigenvalue weighted by Crippen LogP contribution is -2.10. The molecule has 0 aliphatic rings. The molecule has 0 aliphatic heterocycles. The molecule has 8 aromatic carbocycles. The minimum Gasteiger partial charge on any atom is -0.456 e. The highest BCUT2D eigenvalue weighted by Gasteiger charge is 2.20. The van der Waals surface area contributed by atoms with Gasteiger partial charge in [-0.15, -0.1) is 0 Å². The van der Waals surface area contributed by atoms with Gasteiger partial charge in [0.25, 0.3) is 0 Å². The molecule has 0 saturated carbocycles. The molecule has 10 aromatic rings. The second kappa shape index (κ2) is 11.0. The smallest absolute Gasteiger partial charge is 0.143 e. The second-order valence-corrected chi connectivity index (χ2v) is 11.9. The van der Waals surface area contributed by atoms with E-state index in [4.69, 9.17) is 8.83 Å². The number of hydrogen-bond donors (Lipinski definition) is 0. The summed E-state index contributed by atoms with van der Waals surface area (Å²) >= 11 is 0. The molecular formula is C46H29NO2. The largest absolute Gasteiger partial charge is 0.456 e. The summed E-state index contributed by atoms with van der Waals surface area (Å²) in [4.78, 5) is 1.34. The minimum absolute atomic E-state index is 0.0495. The molecular weight excluding hydrogens is 599 g/mol. The van der Waals surface area contributed by atoms with Crippen LogP contribution < -0.4 is 4.90 Å². The van der Waals surface area contributed by atoms with E-state index >= 15 is 0 Å².